The molecule has 0 bridgehead atoms. The Bertz CT molecular complexity index is 758. The van der Waals surface area contributed by atoms with E-state index in [-0.39, 0.29) is 5.91 Å². The third-order valence-electron chi connectivity index (χ3n) is 4.83. The van der Waals surface area contributed by atoms with E-state index in [2.05, 4.69) is 27.2 Å². The van der Waals surface area contributed by atoms with E-state index in [1.54, 1.807) is 14.2 Å². The van der Waals surface area contributed by atoms with Crippen LogP contribution in [-0.4, -0.2) is 57.8 Å². The van der Waals surface area contributed by atoms with Gasteiger partial charge in [-0.05, 0) is 24.3 Å². The van der Waals surface area contributed by atoms with Gasteiger partial charge in [0.1, 0.15) is 11.5 Å². The third kappa shape index (κ3) is 5.14. The number of hydrogen-bond donors (Lipinski definition) is 1. The second-order valence-electron chi connectivity index (χ2n) is 6.53. The number of carbonyl (C=O) groups excluding carboxylic acids is 1. The van der Waals surface area contributed by atoms with Gasteiger partial charge in [0.25, 0.3) is 0 Å². The highest BCUT2D eigenvalue weighted by Gasteiger charge is 2.18. The maximum atomic E-state index is 12.3. The second kappa shape index (κ2) is 9.28. The molecule has 1 amide bonds. The van der Waals surface area contributed by atoms with Crippen LogP contribution in [0.3, 0.4) is 0 Å². The monoisotopic (exact) mass is 369 g/mol. The van der Waals surface area contributed by atoms with Crippen molar-refractivity contribution in [2.75, 3.05) is 57.2 Å². The molecule has 0 saturated carbocycles. The van der Waals surface area contributed by atoms with E-state index >= 15 is 0 Å². The van der Waals surface area contributed by atoms with Crippen LogP contribution in [0, 0.1) is 0 Å². The summed E-state index contributed by atoms with van der Waals surface area (Å²) in [6, 6.07) is 15.6. The Balaban J connectivity index is 1.44. The average molecular weight is 369 g/mol. The molecular formula is C21H27N3O3. The van der Waals surface area contributed by atoms with E-state index in [0.717, 1.165) is 38.5 Å². The average Bonchev–Trinajstić information content (AvgIpc) is 2.73. The van der Waals surface area contributed by atoms with Crippen LogP contribution in [0.25, 0.3) is 0 Å². The number of carbonyl (C=O) groups is 1. The molecule has 0 aliphatic carbocycles. The Labute approximate surface area is 160 Å². The van der Waals surface area contributed by atoms with Gasteiger partial charge in [-0.2, -0.15) is 0 Å². The van der Waals surface area contributed by atoms with Crippen molar-refractivity contribution in [2.45, 2.75) is 6.42 Å². The molecule has 1 saturated heterocycles. The smallest absolute Gasteiger partial charge is 0.225 e. The molecule has 1 aliphatic rings. The van der Waals surface area contributed by atoms with Gasteiger partial charge in [0.2, 0.25) is 5.91 Å². The number of hydrogen-bond acceptors (Lipinski definition) is 5. The van der Waals surface area contributed by atoms with Crippen molar-refractivity contribution in [1.82, 2.24) is 4.90 Å². The fourth-order valence-corrected chi connectivity index (χ4v) is 3.26. The van der Waals surface area contributed by atoms with E-state index < -0.39 is 0 Å². The first-order valence-electron chi connectivity index (χ1n) is 9.24. The predicted molar refractivity (Wildman–Crippen MR) is 108 cm³/mol. The van der Waals surface area contributed by atoms with Gasteiger partial charge < -0.3 is 19.7 Å². The van der Waals surface area contributed by atoms with Crippen molar-refractivity contribution in [3.05, 3.63) is 48.5 Å². The van der Waals surface area contributed by atoms with Crippen molar-refractivity contribution in [3.63, 3.8) is 0 Å². The van der Waals surface area contributed by atoms with E-state index in [1.165, 1.54) is 5.69 Å². The van der Waals surface area contributed by atoms with Crippen molar-refractivity contribution in [2.24, 2.45) is 0 Å². The summed E-state index contributed by atoms with van der Waals surface area (Å²) < 4.78 is 10.6. The van der Waals surface area contributed by atoms with Gasteiger partial charge in [-0.3, -0.25) is 9.69 Å². The first kappa shape index (κ1) is 19.0. The highest BCUT2D eigenvalue weighted by Crippen LogP contribution is 2.24. The van der Waals surface area contributed by atoms with Crippen LogP contribution in [0.5, 0.6) is 11.5 Å². The lowest BCUT2D eigenvalue weighted by Crippen LogP contribution is -2.47. The van der Waals surface area contributed by atoms with Crippen molar-refractivity contribution in [1.29, 1.82) is 0 Å². The summed E-state index contributed by atoms with van der Waals surface area (Å²) in [6.45, 7) is 4.54. The summed E-state index contributed by atoms with van der Waals surface area (Å²) in [6.07, 6.45) is 0.469. The maximum Gasteiger partial charge on any atom is 0.225 e. The molecule has 6 heteroatoms. The maximum absolute atomic E-state index is 12.3. The zero-order valence-corrected chi connectivity index (χ0v) is 16.0. The number of methoxy groups -OCH3 is 2. The zero-order chi connectivity index (χ0) is 19.1. The quantitative estimate of drug-likeness (QED) is 0.813. The van der Waals surface area contributed by atoms with Gasteiger partial charge in [0.15, 0.2) is 0 Å². The van der Waals surface area contributed by atoms with Gasteiger partial charge in [0.05, 0.1) is 19.9 Å². The summed E-state index contributed by atoms with van der Waals surface area (Å²) in [4.78, 5) is 16.9. The normalized spacial score (nSPS) is 14.7. The SMILES string of the molecule is COc1cccc(N2CCN(CCC(=O)Nc3ccccc3OC)CC2)c1. The molecule has 1 N–H and O–H groups in total. The first-order chi connectivity index (χ1) is 13.2. The molecule has 0 spiro atoms. The van der Waals surface area contributed by atoms with E-state index in [9.17, 15) is 4.79 Å². The minimum absolute atomic E-state index is 0.00900. The van der Waals surface area contributed by atoms with Crippen LogP contribution >= 0.6 is 0 Å². The fourth-order valence-electron chi connectivity index (χ4n) is 3.26. The number of nitrogens with one attached hydrogen (secondary N) is 1. The highest BCUT2D eigenvalue weighted by atomic mass is 16.5. The van der Waals surface area contributed by atoms with Crippen LogP contribution < -0.4 is 19.7 Å². The Morgan fingerprint density at radius 1 is 1.00 bits per heavy atom. The van der Waals surface area contributed by atoms with Crippen LogP contribution in [0.4, 0.5) is 11.4 Å². The molecule has 0 atom stereocenters. The zero-order valence-electron chi connectivity index (χ0n) is 16.0. The molecule has 0 aromatic heterocycles. The Morgan fingerprint density at radius 3 is 2.52 bits per heavy atom. The molecule has 1 aliphatic heterocycles. The fraction of sp³-hybridized carbons (Fsp3) is 0.381. The van der Waals surface area contributed by atoms with E-state index in [4.69, 9.17) is 9.47 Å². The third-order valence-corrected chi connectivity index (χ3v) is 4.83. The molecule has 1 fully saturated rings. The molecular weight excluding hydrogens is 342 g/mol. The highest BCUT2D eigenvalue weighted by molar-refractivity contribution is 5.92. The van der Waals surface area contributed by atoms with Crippen molar-refractivity contribution >= 4 is 17.3 Å². The molecule has 144 valence electrons. The summed E-state index contributed by atoms with van der Waals surface area (Å²) in [5, 5.41) is 2.93. The van der Waals surface area contributed by atoms with Crippen molar-refractivity contribution < 1.29 is 14.3 Å². The van der Waals surface area contributed by atoms with Gasteiger partial charge in [-0.1, -0.05) is 18.2 Å². The molecule has 3 rings (SSSR count). The standard InChI is InChI=1S/C21H27N3O3/c1-26-18-7-5-6-17(16-18)24-14-12-23(13-15-24)11-10-21(25)22-19-8-3-4-9-20(19)27-2/h3-9,16H,10-15H2,1-2H3,(H,22,25). The summed E-state index contributed by atoms with van der Waals surface area (Å²) in [5.74, 6) is 1.57. The topological polar surface area (TPSA) is 54.0 Å². The predicted octanol–water partition coefficient (Wildman–Crippen LogP) is 2.85. The Hall–Kier alpha value is -2.73. The lowest BCUT2D eigenvalue weighted by atomic mass is 10.2. The Morgan fingerprint density at radius 2 is 1.78 bits per heavy atom. The lowest BCUT2D eigenvalue weighted by molar-refractivity contribution is -0.116. The summed E-state index contributed by atoms with van der Waals surface area (Å²) in [7, 11) is 3.29. The van der Waals surface area contributed by atoms with Crippen LogP contribution in [0.1, 0.15) is 6.42 Å². The van der Waals surface area contributed by atoms with Gasteiger partial charge in [-0.15, -0.1) is 0 Å². The van der Waals surface area contributed by atoms with Crippen LogP contribution in [-0.2, 0) is 4.79 Å². The number of rotatable bonds is 7. The van der Waals surface area contributed by atoms with Crippen molar-refractivity contribution in [3.8, 4) is 11.5 Å². The number of para-hydroxylation sites is 2. The number of ether oxygens (including phenoxy) is 2. The molecule has 2 aromatic carbocycles. The summed E-state index contributed by atoms with van der Waals surface area (Å²) >= 11 is 0. The van der Waals surface area contributed by atoms with Crippen LogP contribution in [0.2, 0.25) is 0 Å². The number of piperazine rings is 1. The molecule has 27 heavy (non-hydrogen) atoms. The Kier molecular flexibility index (Phi) is 6.54. The number of benzene rings is 2. The minimum atomic E-state index is 0.00900. The van der Waals surface area contributed by atoms with Gasteiger partial charge in [-0.25, -0.2) is 0 Å². The van der Waals surface area contributed by atoms with Gasteiger partial charge in [0, 0.05) is 50.9 Å². The van der Waals surface area contributed by atoms with E-state index in [1.807, 2.05) is 36.4 Å². The minimum Gasteiger partial charge on any atom is -0.497 e. The molecule has 0 unspecified atom stereocenters. The summed E-state index contributed by atoms with van der Waals surface area (Å²) in [5.41, 5.74) is 1.90. The first-order valence-corrected chi connectivity index (χ1v) is 9.24. The lowest BCUT2D eigenvalue weighted by Gasteiger charge is -2.36. The van der Waals surface area contributed by atoms with Crippen LogP contribution in [0.15, 0.2) is 48.5 Å². The molecule has 6 nitrogen and oxygen atoms in total. The van der Waals surface area contributed by atoms with Gasteiger partial charge >= 0.3 is 0 Å². The largest absolute Gasteiger partial charge is 0.497 e. The molecule has 1 heterocycles. The number of amides is 1. The molecule has 0 radical (unpaired) electrons. The van der Waals surface area contributed by atoms with E-state index in [0.29, 0.717) is 17.9 Å². The molecule has 2 aromatic rings. The second-order valence-corrected chi connectivity index (χ2v) is 6.53. The number of anilines is 2. The number of nitrogens with zero attached hydrogens (tertiary/aromatic N) is 2.